The highest BCUT2D eigenvalue weighted by Crippen LogP contribution is 2.28. The second kappa shape index (κ2) is 14.5. The lowest BCUT2D eigenvalue weighted by atomic mass is 10.1. The van der Waals surface area contributed by atoms with E-state index in [2.05, 4.69) is 22.4 Å². The van der Waals surface area contributed by atoms with Gasteiger partial charge in [0.15, 0.2) is 10.9 Å². The SMILES string of the molecule is CCCCCCCCCC[C@H]1S/C(=N\N=C/c2cccc(C)c2OS(=O)(=O)c2ccc(Cl)cc2)NC1=O. The fourth-order valence-electron chi connectivity index (χ4n) is 3.90. The van der Waals surface area contributed by atoms with Crippen LogP contribution in [0.4, 0.5) is 0 Å². The van der Waals surface area contributed by atoms with Gasteiger partial charge in [0, 0.05) is 10.6 Å². The summed E-state index contributed by atoms with van der Waals surface area (Å²) in [4.78, 5) is 12.3. The van der Waals surface area contributed by atoms with Crippen molar-refractivity contribution in [1.82, 2.24) is 5.32 Å². The van der Waals surface area contributed by atoms with Gasteiger partial charge < -0.3 is 9.50 Å². The molecule has 2 aromatic rings. The number of benzene rings is 2. The molecule has 1 aliphatic heterocycles. The van der Waals surface area contributed by atoms with Crippen molar-refractivity contribution in [2.75, 3.05) is 0 Å². The maximum atomic E-state index is 12.8. The Bertz CT molecular complexity index is 1210. The zero-order valence-corrected chi connectivity index (χ0v) is 23.7. The largest absolute Gasteiger partial charge is 0.378 e. The smallest absolute Gasteiger partial charge is 0.339 e. The fraction of sp³-hybridized carbons (Fsp3) is 0.444. The van der Waals surface area contributed by atoms with Gasteiger partial charge in [0.1, 0.15) is 4.90 Å². The molecule has 0 spiro atoms. The Kier molecular flexibility index (Phi) is 11.5. The predicted molar refractivity (Wildman–Crippen MR) is 152 cm³/mol. The van der Waals surface area contributed by atoms with Gasteiger partial charge in [0.05, 0.1) is 11.5 Å². The van der Waals surface area contributed by atoms with Crippen LogP contribution in [0.5, 0.6) is 5.75 Å². The van der Waals surface area contributed by atoms with Gasteiger partial charge in [-0.2, -0.15) is 13.5 Å². The minimum absolute atomic E-state index is 0.00381. The van der Waals surface area contributed by atoms with E-state index >= 15 is 0 Å². The number of hydrogen-bond acceptors (Lipinski definition) is 7. The van der Waals surface area contributed by atoms with Crippen LogP contribution in [0, 0.1) is 6.92 Å². The molecule has 1 N–H and O–H groups in total. The average molecular weight is 564 g/mol. The third kappa shape index (κ3) is 9.16. The molecule has 1 saturated heterocycles. The quantitative estimate of drug-likeness (QED) is 0.117. The van der Waals surface area contributed by atoms with Crippen LogP contribution in [0.2, 0.25) is 5.02 Å². The van der Waals surface area contributed by atoms with Gasteiger partial charge in [-0.1, -0.05) is 93.8 Å². The fourth-order valence-corrected chi connectivity index (χ4v) is 6.01. The number of nitrogens with zero attached hydrogens (tertiary/aromatic N) is 2. The van der Waals surface area contributed by atoms with Crippen LogP contribution in [-0.4, -0.2) is 31.0 Å². The Labute approximate surface area is 229 Å². The number of halogens is 1. The van der Waals surface area contributed by atoms with Crippen LogP contribution in [0.1, 0.15) is 75.8 Å². The maximum Gasteiger partial charge on any atom is 0.339 e. The normalized spacial score (nSPS) is 17.0. The average Bonchev–Trinajstić information content (AvgIpc) is 3.22. The van der Waals surface area contributed by atoms with Crippen LogP contribution in [0.25, 0.3) is 0 Å². The number of thioether (sulfide) groups is 1. The van der Waals surface area contributed by atoms with Gasteiger partial charge in [-0.25, -0.2) is 0 Å². The molecular weight excluding hydrogens is 530 g/mol. The summed E-state index contributed by atoms with van der Waals surface area (Å²) in [6.45, 7) is 3.97. The Morgan fingerprint density at radius 3 is 2.41 bits per heavy atom. The van der Waals surface area contributed by atoms with Crippen molar-refractivity contribution in [3.05, 3.63) is 58.6 Å². The van der Waals surface area contributed by atoms with Crippen LogP contribution >= 0.6 is 23.4 Å². The molecule has 0 aliphatic carbocycles. The van der Waals surface area contributed by atoms with Crippen molar-refractivity contribution in [3.8, 4) is 5.75 Å². The first-order valence-electron chi connectivity index (χ1n) is 12.7. The number of nitrogens with one attached hydrogen (secondary N) is 1. The summed E-state index contributed by atoms with van der Waals surface area (Å²) in [5.41, 5.74) is 1.08. The van der Waals surface area contributed by atoms with Gasteiger partial charge >= 0.3 is 10.1 Å². The lowest BCUT2D eigenvalue weighted by molar-refractivity contribution is -0.118. The van der Waals surface area contributed by atoms with E-state index in [0.717, 1.165) is 19.3 Å². The minimum Gasteiger partial charge on any atom is -0.378 e. The number of rotatable bonds is 14. The molecule has 1 atom stereocenters. The van der Waals surface area contributed by atoms with Crippen molar-refractivity contribution >= 4 is 50.8 Å². The van der Waals surface area contributed by atoms with E-state index in [0.29, 0.717) is 21.3 Å². The number of unbranched alkanes of at least 4 members (excludes halogenated alkanes) is 7. The monoisotopic (exact) mass is 563 g/mol. The molecule has 0 unspecified atom stereocenters. The summed E-state index contributed by atoms with van der Waals surface area (Å²) >= 11 is 7.25. The summed E-state index contributed by atoms with van der Waals surface area (Å²) in [5.74, 6) is 0.118. The van der Waals surface area contributed by atoms with Crippen LogP contribution < -0.4 is 9.50 Å². The molecular formula is C27H34ClN3O4S2. The van der Waals surface area contributed by atoms with Gasteiger partial charge in [0.25, 0.3) is 0 Å². The highest BCUT2D eigenvalue weighted by atomic mass is 35.5. The molecule has 1 fully saturated rings. The van der Waals surface area contributed by atoms with Crippen molar-refractivity contribution in [2.24, 2.45) is 10.2 Å². The second-order valence-electron chi connectivity index (χ2n) is 8.99. The highest BCUT2D eigenvalue weighted by Gasteiger charge is 2.29. The lowest BCUT2D eigenvalue weighted by Crippen LogP contribution is -2.24. The summed E-state index contributed by atoms with van der Waals surface area (Å²) in [7, 11) is -4.07. The molecule has 200 valence electrons. The van der Waals surface area contributed by atoms with E-state index in [4.69, 9.17) is 15.8 Å². The Morgan fingerprint density at radius 1 is 1.03 bits per heavy atom. The summed E-state index contributed by atoms with van der Waals surface area (Å²) in [6.07, 6.45) is 12.0. The number of carbonyl (C=O) groups is 1. The number of carbonyl (C=O) groups excluding carboxylic acids is 1. The molecule has 0 bridgehead atoms. The molecule has 0 aromatic heterocycles. The second-order valence-corrected chi connectivity index (χ2v) is 12.2. The molecule has 37 heavy (non-hydrogen) atoms. The molecule has 10 heteroatoms. The van der Waals surface area contributed by atoms with E-state index in [1.54, 1.807) is 25.1 Å². The molecule has 2 aromatic carbocycles. The van der Waals surface area contributed by atoms with Gasteiger partial charge in [-0.3, -0.25) is 4.79 Å². The summed E-state index contributed by atoms with van der Waals surface area (Å²) in [6, 6.07) is 11.0. The first-order valence-corrected chi connectivity index (χ1v) is 15.3. The molecule has 1 heterocycles. The van der Waals surface area contributed by atoms with E-state index in [1.807, 2.05) is 0 Å². The molecule has 0 saturated carbocycles. The number of amides is 1. The molecule has 1 aliphatic rings. The van der Waals surface area contributed by atoms with Gasteiger partial charge in [-0.05, 0) is 49.2 Å². The zero-order chi connectivity index (χ0) is 26.7. The number of amidine groups is 1. The topological polar surface area (TPSA) is 97.2 Å². The molecule has 3 rings (SSSR count). The first-order chi connectivity index (χ1) is 17.8. The van der Waals surface area contributed by atoms with E-state index in [1.165, 1.54) is 80.8 Å². The zero-order valence-electron chi connectivity index (χ0n) is 21.3. The third-order valence-electron chi connectivity index (χ3n) is 5.98. The van der Waals surface area contributed by atoms with Crippen molar-refractivity contribution in [2.45, 2.75) is 81.8 Å². The van der Waals surface area contributed by atoms with Gasteiger partial charge in [-0.15, -0.1) is 5.10 Å². The van der Waals surface area contributed by atoms with Gasteiger partial charge in [0.2, 0.25) is 5.91 Å². The molecule has 0 radical (unpaired) electrons. The lowest BCUT2D eigenvalue weighted by Gasteiger charge is -2.11. The Balaban J connectivity index is 1.56. The van der Waals surface area contributed by atoms with E-state index < -0.39 is 10.1 Å². The Morgan fingerprint density at radius 2 is 1.70 bits per heavy atom. The highest BCUT2D eigenvalue weighted by molar-refractivity contribution is 8.15. The van der Waals surface area contributed by atoms with Crippen molar-refractivity contribution in [1.29, 1.82) is 0 Å². The summed E-state index contributed by atoms with van der Waals surface area (Å²) in [5, 5.41) is 11.7. The Hall–Kier alpha value is -2.36. The van der Waals surface area contributed by atoms with E-state index in [9.17, 15) is 13.2 Å². The van der Waals surface area contributed by atoms with Crippen LogP contribution in [0.3, 0.4) is 0 Å². The van der Waals surface area contributed by atoms with E-state index in [-0.39, 0.29) is 21.8 Å². The predicted octanol–water partition coefficient (Wildman–Crippen LogP) is 6.87. The summed E-state index contributed by atoms with van der Waals surface area (Å²) < 4.78 is 31.0. The first kappa shape index (κ1) is 29.2. The molecule has 1 amide bonds. The van der Waals surface area contributed by atoms with Crippen molar-refractivity contribution < 1.29 is 17.4 Å². The standard InChI is InChI=1S/C27H34ClN3O4S2/c1-3-4-5-6-7-8-9-10-14-24-26(32)30-27(36-24)31-29-19-21-13-11-12-20(2)25(21)35-37(33,34)23-17-15-22(28)16-18-23/h11-13,15-19,24H,3-10,14H2,1-2H3,(H,30,31,32)/b29-19-/t24-/m1/s1. The van der Waals surface area contributed by atoms with Crippen LogP contribution in [0.15, 0.2) is 57.6 Å². The minimum atomic E-state index is -4.07. The maximum absolute atomic E-state index is 12.8. The third-order valence-corrected chi connectivity index (χ3v) is 8.61. The number of para-hydroxylation sites is 1. The molecule has 7 nitrogen and oxygen atoms in total. The van der Waals surface area contributed by atoms with Crippen molar-refractivity contribution in [3.63, 3.8) is 0 Å². The number of hydrogen-bond donors (Lipinski definition) is 1. The van der Waals surface area contributed by atoms with Crippen LogP contribution in [-0.2, 0) is 14.9 Å². The number of aryl methyl sites for hydroxylation is 1.